The van der Waals surface area contributed by atoms with E-state index in [2.05, 4.69) is 15.4 Å². The second-order valence-electron chi connectivity index (χ2n) is 7.49. The Labute approximate surface area is 186 Å². The Balaban J connectivity index is 0.00000300. The maximum Gasteiger partial charge on any atom is 0.416 e. The van der Waals surface area contributed by atoms with Gasteiger partial charge in [-0.15, -0.1) is 24.0 Å². The number of hydrogen-bond donors (Lipinski definition) is 1. The maximum absolute atomic E-state index is 13.1. The third kappa shape index (κ3) is 5.43. The molecule has 0 atom stereocenters. The Morgan fingerprint density at radius 3 is 2.59 bits per heavy atom. The largest absolute Gasteiger partial charge is 0.416 e. The molecule has 5 nitrogen and oxygen atoms in total. The number of halogens is 4. The van der Waals surface area contributed by atoms with Crippen LogP contribution in [0.4, 0.5) is 13.2 Å². The highest BCUT2D eigenvalue weighted by Crippen LogP contribution is 2.44. The summed E-state index contributed by atoms with van der Waals surface area (Å²) >= 11 is 0. The topological polar surface area (TPSA) is 45.5 Å². The third-order valence-corrected chi connectivity index (χ3v) is 5.45. The quantitative estimate of drug-likeness (QED) is 0.365. The number of aromatic nitrogens is 2. The van der Waals surface area contributed by atoms with Crippen molar-refractivity contribution in [2.24, 2.45) is 12.0 Å². The molecule has 0 unspecified atom stereocenters. The first-order valence-electron chi connectivity index (χ1n) is 9.30. The van der Waals surface area contributed by atoms with E-state index in [9.17, 15) is 13.2 Å². The molecule has 0 radical (unpaired) electrons. The summed E-state index contributed by atoms with van der Waals surface area (Å²) in [6, 6.07) is 5.73. The number of alkyl halides is 3. The summed E-state index contributed by atoms with van der Waals surface area (Å²) in [6.07, 6.45) is 2.17. The van der Waals surface area contributed by atoms with Crippen molar-refractivity contribution in [2.45, 2.75) is 37.4 Å². The zero-order valence-electron chi connectivity index (χ0n) is 16.8. The van der Waals surface area contributed by atoms with E-state index in [1.807, 2.05) is 25.2 Å². The minimum atomic E-state index is -4.33. The van der Waals surface area contributed by atoms with Crippen molar-refractivity contribution in [3.63, 3.8) is 0 Å². The first kappa shape index (κ1) is 23.5. The van der Waals surface area contributed by atoms with Crippen molar-refractivity contribution >= 4 is 29.9 Å². The minimum absolute atomic E-state index is 0. The second kappa shape index (κ2) is 9.36. The molecule has 1 aromatic carbocycles. The molecule has 1 heterocycles. The summed E-state index contributed by atoms with van der Waals surface area (Å²) in [5, 5.41) is 7.53. The molecule has 29 heavy (non-hydrogen) atoms. The molecule has 1 N–H and O–H groups in total. The van der Waals surface area contributed by atoms with Crippen LogP contribution < -0.4 is 5.32 Å². The van der Waals surface area contributed by atoms with Crippen LogP contribution in [0, 0.1) is 0 Å². The van der Waals surface area contributed by atoms with Gasteiger partial charge in [-0.1, -0.05) is 24.6 Å². The van der Waals surface area contributed by atoms with Crippen molar-refractivity contribution in [1.82, 2.24) is 20.0 Å². The van der Waals surface area contributed by atoms with Crippen LogP contribution in [-0.4, -0.2) is 41.3 Å². The van der Waals surface area contributed by atoms with Crippen molar-refractivity contribution in [3.05, 3.63) is 53.3 Å². The highest BCUT2D eigenvalue weighted by Gasteiger charge is 2.40. The van der Waals surface area contributed by atoms with Crippen LogP contribution in [0.2, 0.25) is 0 Å². The van der Waals surface area contributed by atoms with Crippen LogP contribution in [0.3, 0.4) is 0 Å². The molecule has 0 bridgehead atoms. The molecule has 0 aliphatic heterocycles. The molecular weight excluding hydrogens is 494 g/mol. The average molecular weight is 521 g/mol. The lowest BCUT2D eigenvalue weighted by molar-refractivity contribution is -0.137. The first-order valence-corrected chi connectivity index (χ1v) is 9.30. The Morgan fingerprint density at radius 1 is 1.34 bits per heavy atom. The fraction of sp³-hybridized carbons (Fsp3) is 0.500. The van der Waals surface area contributed by atoms with E-state index >= 15 is 0 Å². The van der Waals surface area contributed by atoms with Gasteiger partial charge in [0.1, 0.15) is 0 Å². The fourth-order valence-electron chi connectivity index (χ4n) is 3.73. The molecule has 2 aromatic rings. The highest BCUT2D eigenvalue weighted by molar-refractivity contribution is 14.0. The van der Waals surface area contributed by atoms with Gasteiger partial charge in [-0.05, 0) is 24.5 Å². The van der Waals surface area contributed by atoms with Crippen molar-refractivity contribution in [3.8, 4) is 0 Å². The Hall–Kier alpha value is -1.78. The number of aryl methyl sites for hydroxylation is 1. The number of guanidine groups is 1. The van der Waals surface area contributed by atoms with E-state index in [-0.39, 0.29) is 29.4 Å². The number of aliphatic imine (C=N–C) groups is 1. The first-order chi connectivity index (χ1) is 13.2. The number of benzene rings is 1. The zero-order valence-corrected chi connectivity index (χ0v) is 19.2. The van der Waals surface area contributed by atoms with Crippen LogP contribution in [0.15, 0.2) is 41.7 Å². The van der Waals surface area contributed by atoms with E-state index in [1.54, 1.807) is 24.0 Å². The molecule has 9 heteroatoms. The fourth-order valence-corrected chi connectivity index (χ4v) is 3.73. The molecule has 160 valence electrons. The van der Waals surface area contributed by atoms with Gasteiger partial charge in [0.25, 0.3) is 0 Å². The van der Waals surface area contributed by atoms with Gasteiger partial charge in [-0.25, -0.2) is 0 Å². The molecule has 1 fully saturated rings. The highest BCUT2D eigenvalue weighted by atomic mass is 127. The van der Waals surface area contributed by atoms with E-state index in [0.717, 1.165) is 36.5 Å². The normalized spacial score (nSPS) is 16.0. The van der Waals surface area contributed by atoms with E-state index in [1.165, 1.54) is 12.1 Å². The molecular formula is C20H27F3IN5. The summed E-state index contributed by atoms with van der Waals surface area (Å²) in [7, 11) is 5.51. The molecule has 1 aliphatic rings. The summed E-state index contributed by atoms with van der Waals surface area (Å²) in [5.41, 5.74) is 0.928. The van der Waals surface area contributed by atoms with Gasteiger partial charge in [0, 0.05) is 51.4 Å². The van der Waals surface area contributed by atoms with E-state index in [0.29, 0.717) is 19.0 Å². The lowest BCUT2D eigenvalue weighted by atomic mass is 9.64. The lowest BCUT2D eigenvalue weighted by Gasteiger charge is -2.43. The van der Waals surface area contributed by atoms with Crippen LogP contribution in [0.1, 0.15) is 36.0 Å². The standard InChI is InChI=1S/C20H26F3N5.HI/c1-24-18(27(2)12-15-11-26-28(3)13-15)25-14-19(8-5-9-19)16-6-4-7-17(10-16)20(21,22)23;/h4,6-7,10-11,13H,5,8-9,12,14H2,1-3H3,(H,24,25);1H. The molecule has 1 aromatic heterocycles. The monoisotopic (exact) mass is 521 g/mol. The second-order valence-corrected chi connectivity index (χ2v) is 7.49. The van der Waals surface area contributed by atoms with Crippen LogP contribution in [0.5, 0.6) is 0 Å². The van der Waals surface area contributed by atoms with E-state index in [4.69, 9.17) is 0 Å². The third-order valence-electron chi connectivity index (χ3n) is 5.45. The number of nitrogens with zero attached hydrogens (tertiary/aromatic N) is 4. The van der Waals surface area contributed by atoms with Crippen molar-refractivity contribution < 1.29 is 13.2 Å². The average Bonchev–Trinajstić information content (AvgIpc) is 3.01. The summed E-state index contributed by atoms with van der Waals surface area (Å²) in [6.45, 7) is 1.20. The van der Waals surface area contributed by atoms with Gasteiger partial charge < -0.3 is 10.2 Å². The molecule has 0 spiro atoms. The number of hydrogen-bond acceptors (Lipinski definition) is 2. The smallest absolute Gasteiger partial charge is 0.355 e. The molecule has 0 amide bonds. The van der Waals surface area contributed by atoms with Gasteiger partial charge in [0.15, 0.2) is 5.96 Å². The molecule has 1 aliphatic carbocycles. The van der Waals surface area contributed by atoms with E-state index < -0.39 is 11.7 Å². The van der Waals surface area contributed by atoms with Crippen molar-refractivity contribution in [1.29, 1.82) is 0 Å². The van der Waals surface area contributed by atoms with Gasteiger partial charge in [0.05, 0.1) is 11.8 Å². The molecule has 3 rings (SSSR count). The van der Waals surface area contributed by atoms with Gasteiger partial charge in [-0.3, -0.25) is 9.67 Å². The van der Waals surface area contributed by atoms with Gasteiger partial charge in [0.2, 0.25) is 0 Å². The van der Waals surface area contributed by atoms with Crippen LogP contribution in [-0.2, 0) is 25.2 Å². The summed E-state index contributed by atoms with van der Waals surface area (Å²) in [4.78, 5) is 6.31. The number of nitrogens with one attached hydrogen (secondary N) is 1. The summed E-state index contributed by atoms with van der Waals surface area (Å²) < 4.78 is 41.1. The maximum atomic E-state index is 13.1. The predicted octanol–water partition coefficient (Wildman–Crippen LogP) is 4.19. The predicted molar refractivity (Wildman–Crippen MR) is 118 cm³/mol. The molecule has 1 saturated carbocycles. The summed E-state index contributed by atoms with van der Waals surface area (Å²) in [5.74, 6) is 0.710. The van der Waals surface area contributed by atoms with Crippen molar-refractivity contribution in [2.75, 3.05) is 20.6 Å². The van der Waals surface area contributed by atoms with Crippen LogP contribution >= 0.6 is 24.0 Å². The van der Waals surface area contributed by atoms with Gasteiger partial charge in [-0.2, -0.15) is 18.3 Å². The zero-order chi connectivity index (χ0) is 20.4. The Morgan fingerprint density at radius 2 is 2.07 bits per heavy atom. The molecule has 0 saturated heterocycles. The minimum Gasteiger partial charge on any atom is -0.355 e. The Bertz CT molecular complexity index is 843. The number of rotatable bonds is 5. The van der Waals surface area contributed by atoms with Gasteiger partial charge >= 0.3 is 6.18 Å². The Kier molecular flexibility index (Phi) is 7.58. The lowest BCUT2D eigenvalue weighted by Crippen LogP contribution is -2.49. The van der Waals surface area contributed by atoms with Crippen LogP contribution in [0.25, 0.3) is 0 Å². The SMILES string of the molecule is CN=C(NCC1(c2cccc(C(F)(F)F)c2)CCC1)N(C)Cc1cnn(C)c1.I.